The summed E-state index contributed by atoms with van der Waals surface area (Å²) in [7, 11) is 1.60. The number of carbonyl (C=O) groups excluding carboxylic acids is 1. The number of fused-ring (bicyclic) bond motifs is 1. The van der Waals surface area contributed by atoms with Crippen LogP contribution in [0.4, 0.5) is 0 Å². The fourth-order valence-corrected chi connectivity index (χ4v) is 2.41. The summed E-state index contributed by atoms with van der Waals surface area (Å²) >= 11 is 0. The summed E-state index contributed by atoms with van der Waals surface area (Å²) in [5, 5.41) is 0. The molecule has 0 unspecified atom stereocenters. The van der Waals surface area contributed by atoms with Gasteiger partial charge in [0.25, 0.3) is 0 Å². The van der Waals surface area contributed by atoms with E-state index >= 15 is 0 Å². The number of hydrogen-bond acceptors (Lipinski definition) is 4. The van der Waals surface area contributed by atoms with Crippen molar-refractivity contribution in [3.05, 3.63) is 54.1 Å². The van der Waals surface area contributed by atoms with Crippen LogP contribution in [-0.2, 0) is 15.1 Å². The molecule has 2 aliphatic rings. The fraction of sp³-hybridized carbons (Fsp3) is 0.188. The van der Waals surface area contributed by atoms with Crippen LogP contribution in [0.1, 0.15) is 11.1 Å². The van der Waals surface area contributed by atoms with E-state index in [2.05, 4.69) is 6.58 Å². The predicted octanol–water partition coefficient (Wildman–Crippen LogP) is 2.60. The van der Waals surface area contributed by atoms with E-state index in [1.165, 1.54) is 12.2 Å². The van der Waals surface area contributed by atoms with Crippen molar-refractivity contribution in [1.29, 1.82) is 0 Å². The summed E-state index contributed by atoms with van der Waals surface area (Å²) in [5.41, 5.74) is 0.942. The first-order valence-corrected chi connectivity index (χ1v) is 6.23. The zero-order valence-electron chi connectivity index (χ0n) is 11.1. The van der Waals surface area contributed by atoms with Gasteiger partial charge in [-0.25, -0.2) is 0 Å². The summed E-state index contributed by atoms with van der Waals surface area (Å²) in [6.45, 7) is 4.03. The average Bonchev–Trinajstić information content (AvgIpc) is 2.94. The second-order valence-corrected chi connectivity index (χ2v) is 4.56. The van der Waals surface area contributed by atoms with Crippen molar-refractivity contribution in [2.75, 3.05) is 13.9 Å². The van der Waals surface area contributed by atoms with Crippen LogP contribution < -0.4 is 9.47 Å². The summed E-state index contributed by atoms with van der Waals surface area (Å²) in [6, 6.07) is 3.73. The molecule has 20 heavy (non-hydrogen) atoms. The van der Waals surface area contributed by atoms with E-state index in [9.17, 15) is 4.79 Å². The van der Waals surface area contributed by atoms with Crippen molar-refractivity contribution >= 4 is 11.9 Å². The Balaban J connectivity index is 2.17. The van der Waals surface area contributed by atoms with Gasteiger partial charge in [0.2, 0.25) is 6.79 Å². The van der Waals surface area contributed by atoms with Crippen molar-refractivity contribution in [3.63, 3.8) is 0 Å². The Morgan fingerprint density at radius 2 is 1.90 bits per heavy atom. The van der Waals surface area contributed by atoms with Gasteiger partial charge in [-0.05, 0) is 42.0 Å². The summed E-state index contributed by atoms with van der Waals surface area (Å²) < 4.78 is 16.4. The van der Waals surface area contributed by atoms with Crippen molar-refractivity contribution in [2.24, 2.45) is 0 Å². The van der Waals surface area contributed by atoms with Crippen LogP contribution in [0.3, 0.4) is 0 Å². The maximum atomic E-state index is 11.3. The Labute approximate surface area is 117 Å². The SMILES string of the molecule is C=Cc1cc2c(cc1C1(OC)C=CC(=O)C=C1)OCO2. The van der Waals surface area contributed by atoms with Gasteiger partial charge < -0.3 is 14.2 Å². The maximum absolute atomic E-state index is 11.3. The molecule has 3 rings (SSSR count). The Bertz CT molecular complexity index is 624. The number of rotatable bonds is 3. The maximum Gasteiger partial charge on any atom is 0.231 e. The van der Waals surface area contributed by atoms with Crippen molar-refractivity contribution in [3.8, 4) is 11.5 Å². The van der Waals surface area contributed by atoms with Gasteiger partial charge in [-0.3, -0.25) is 4.79 Å². The minimum absolute atomic E-state index is 0.0569. The normalized spacial score (nSPS) is 18.4. The highest BCUT2D eigenvalue weighted by molar-refractivity contribution is 6.00. The Morgan fingerprint density at radius 3 is 2.50 bits per heavy atom. The fourth-order valence-electron chi connectivity index (χ4n) is 2.41. The van der Waals surface area contributed by atoms with Gasteiger partial charge in [-0.2, -0.15) is 0 Å². The molecule has 4 heteroatoms. The molecule has 0 bridgehead atoms. The third-order valence-corrected chi connectivity index (χ3v) is 3.51. The van der Waals surface area contributed by atoms with Gasteiger partial charge in [0, 0.05) is 12.7 Å². The number of methoxy groups -OCH3 is 1. The molecule has 1 aromatic carbocycles. The van der Waals surface area contributed by atoms with E-state index in [-0.39, 0.29) is 12.6 Å². The van der Waals surface area contributed by atoms with Gasteiger partial charge in [-0.15, -0.1) is 0 Å². The molecule has 0 amide bonds. The van der Waals surface area contributed by atoms with E-state index < -0.39 is 5.60 Å². The molecule has 0 radical (unpaired) electrons. The lowest BCUT2D eigenvalue weighted by molar-refractivity contribution is -0.110. The molecule has 0 spiro atoms. The number of hydrogen-bond donors (Lipinski definition) is 0. The second-order valence-electron chi connectivity index (χ2n) is 4.56. The highest BCUT2D eigenvalue weighted by Crippen LogP contribution is 2.41. The zero-order chi connectivity index (χ0) is 14.2. The Kier molecular flexibility index (Phi) is 2.95. The average molecular weight is 270 g/mol. The molecule has 0 N–H and O–H groups in total. The lowest BCUT2D eigenvalue weighted by Crippen LogP contribution is -2.27. The van der Waals surface area contributed by atoms with Crippen LogP contribution >= 0.6 is 0 Å². The van der Waals surface area contributed by atoms with Crippen molar-refractivity contribution in [2.45, 2.75) is 5.60 Å². The molecule has 0 fully saturated rings. The molecule has 0 saturated carbocycles. The second kappa shape index (κ2) is 4.65. The molecule has 1 aromatic rings. The van der Waals surface area contributed by atoms with Gasteiger partial charge in [0.1, 0.15) is 5.60 Å². The quantitative estimate of drug-likeness (QED) is 0.847. The van der Waals surface area contributed by atoms with Crippen LogP contribution in [0.5, 0.6) is 11.5 Å². The van der Waals surface area contributed by atoms with Gasteiger partial charge in [0.15, 0.2) is 17.3 Å². The Morgan fingerprint density at radius 1 is 1.25 bits per heavy atom. The number of benzene rings is 1. The van der Waals surface area contributed by atoms with Gasteiger partial charge in [0.05, 0.1) is 0 Å². The zero-order valence-corrected chi connectivity index (χ0v) is 11.1. The molecule has 1 aliphatic carbocycles. The predicted molar refractivity (Wildman–Crippen MR) is 74.6 cm³/mol. The number of carbonyl (C=O) groups is 1. The molecule has 4 nitrogen and oxygen atoms in total. The van der Waals surface area contributed by atoms with E-state index in [0.717, 1.165) is 11.1 Å². The Hall–Kier alpha value is -2.33. The van der Waals surface area contributed by atoms with Gasteiger partial charge in [-0.1, -0.05) is 12.7 Å². The van der Waals surface area contributed by atoms with E-state index in [1.807, 2.05) is 12.1 Å². The number of ether oxygens (including phenoxy) is 3. The first-order chi connectivity index (χ1) is 9.68. The van der Waals surface area contributed by atoms with Crippen LogP contribution in [0, 0.1) is 0 Å². The molecule has 0 saturated heterocycles. The highest BCUT2D eigenvalue weighted by Gasteiger charge is 2.32. The molecular formula is C16H14O4. The largest absolute Gasteiger partial charge is 0.454 e. The van der Waals surface area contributed by atoms with Crippen LogP contribution in [-0.4, -0.2) is 19.7 Å². The summed E-state index contributed by atoms with van der Waals surface area (Å²) in [6.07, 6.45) is 8.21. The minimum Gasteiger partial charge on any atom is -0.454 e. The summed E-state index contributed by atoms with van der Waals surface area (Å²) in [4.78, 5) is 11.3. The van der Waals surface area contributed by atoms with Crippen molar-refractivity contribution < 1.29 is 19.0 Å². The molecule has 0 atom stereocenters. The topological polar surface area (TPSA) is 44.8 Å². The summed E-state index contributed by atoms with van der Waals surface area (Å²) in [5.74, 6) is 1.30. The molecule has 102 valence electrons. The standard InChI is InChI=1S/C16H14O4/c1-3-11-8-14-15(20-10-19-14)9-13(11)16(18-2)6-4-12(17)5-7-16/h3-9H,1,10H2,2H3. The monoisotopic (exact) mass is 270 g/mol. The number of allylic oxidation sites excluding steroid dienone is 2. The first-order valence-electron chi connectivity index (χ1n) is 6.23. The highest BCUT2D eigenvalue weighted by atomic mass is 16.7. The van der Waals surface area contributed by atoms with E-state index in [1.54, 1.807) is 25.3 Å². The third kappa shape index (κ3) is 1.85. The molecule has 0 aromatic heterocycles. The third-order valence-electron chi connectivity index (χ3n) is 3.51. The molecular weight excluding hydrogens is 256 g/mol. The van der Waals surface area contributed by atoms with Gasteiger partial charge >= 0.3 is 0 Å². The smallest absolute Gasteiger partial charge is 0.231 e. The van der Waals surface area contributed by atoms with Crippen LogP contribution in [0.25, 0.3) is 6.08 Å². The lowest BCUT2D eigenvalue weighted by atomic mass is 9.85. The van der Waals surface area contributed by atoms with Crippen LogP contribution in [0.15, 0.2) is 43.0 Å². The first kappa shape index (κ1) is 12.7. The molecule has 1 aliphatic heterocycles. The lowest BCUT2D eigenvalue weighted by Gasteiger charge is -2.29. The number of ketones is 1. The van der Waals surface area contributed by atoms with E-state index in [4.69, 9.17) is 14.2 Å². The van der Waals surface area contributed by atoms with Crippen molar-refractivity contribution in [1.82, 2.24) is 0 Å². The minimum atomic E-state index is -0.793. The molecule has 1 heterocycles. The van der Waals surface area contributed by atoms with E-state index in [0.29, 0.717) is 11.5 Å². The van der Waals surface area contributed by atoms with Crippen LogP contribution in [0.2, 0.25) is 0 Å².